The lowest BCUT2D eigenvalue weighted by atomic mass is 9.90. The molecule has 0 amide bonds. The van der Waals surface area contributed by atoms with Gasteiger partial charge in [-0.1, -0.05) is 29.8 Å². The number of benzene rings is 2. The maximum absolute atomic E-state index is 13.8. The highest BCUT2D eigenvalue weighted by molar-refractivity contribution is 6.33. The first kappa shape index (κ1) is 25.5. The van der Waals surface area contributed by atoms with E-state index in [1.807, 2.05) is 47.3 Å². The molecule has 1 fully saturated rings. The monoisotopic (exact) mass is 540 g/mol. The number of hydrogen-bond acceptors (Lipinski definition) is 5. The number of anilines is 1. The minimum atomic E-state index is -0.245. The summed E-state index contributed by atoms with van der Waals surface area (Å²) >= 11 is 6.74. The van der Waals surface area contributed by atoms with Crippen LogP contribution in [0.15, 0.2) is 85.6 Å². The highest BCUT2D eigenvalue weighted by Crippen LogP contribution is 2.35. The second kappa shape index (κ2) is 11.1. The van der Waals surface area contributed by atoms with Crippen LogP contribution in [-0.2, 0) is 13.1 Å². The molecule has 198 valence electrons. The zero-order valence-corrected chi connectivity index (χ0v) is 22.3. The van der Waals surface area contributed by atoms with Crippen LogP contribution < -0.4 is 10.6 Å². The molecule has 2 N–H and O–H groups in total. The number of hydrogen-bond donors (Lipinski definition) is 1. The maximum Gasteiger partial charge on any atom is 0.129 e. The fourth-order valence-corrected chi connectivity index (χ4v) is 5.70. The van der Waals surface area contributed by atoms with Crippen LogP contribution in [0.25, 0.3) is 22.2 Å². The van der Waals surface area contributed by atoms with Gasteiger partial charge in [-0.2, -0.15) is 0 Å². The molecule has 0 radical (unpaired) electrons. The summed E-state index contributed by atoms with van der Waals surface area (Å²) in [5.41, 5.74) is 12.0. The van der Waals surface area contributed by atoms with Crippen molar-refractivity contribution < 1.29 is 4.39 Å². The number of halogens is 2. The molecule has 1 saturated carbocycles. The molecule has 0 saturated heterocycles. The predicted octanol–water partition coefficient (Wildman–Crippen LogP) is 6.61. The van der Waals surface area contributed by atoms with Gasteiger partial charge >= 0.3 is 0 Å². The number of imidazole rings is 1. The third kappa shape index (κ3) is 5.65. The van der Waals surface area contributed by atoms with Gasteiger partial charge < -0.3 is 15.2 Å². The van der Waals surface area contributed by atoms with Gasteiger partial charge in [0.25, 0.3) is 0 Å². The lowest BCUT2D eigenvalue weighted by Gasteiger charge is -2.37. The van der Waals surface area contributed by atoms with Crippen molar-refractivity contribution in [3.8, 4) is 11.1 Å². The largest absolute Gasteiger partial charge is 0.349 e. The van der Waals surface area contributed by atoms with Crippen molar-refractivity contribution in [1.82, 2.24) is 19.5 Å². The number of nitrogens with two attached hydrogens (primary N) is 1. The van der Waals surface area contributed by atoms with Crippen molar-refractivity contribution in [3.63, 3.8) is 0 Å². The van der Waals surface area contributed by atoms with E-state index in [-0.39, 0.29) is 11.9 Å². The van der Waals surface area contributed by atoms with E-state index in [0.29, 0.717) is 17.6 Å². The molecule has 0 spiro atoms. The minimum Gasteiger partial charge on any atom is -0.349 e. The predicted molar refractivity (Wildman–Crippen MR) is 154 cm³/mol. The molecule has 1 aliphatic carbocycles. The topological polar surface area (TPSA) is 72.9 Å². The van der Waals surface area contributed by atoms with E-state index in [2.05, 4.69) is 27.0 Å². The van der Waals surface area contributed by atoms with Crippen LogP contribution in [0.3, 0.4) is 0 Å². The van der Waals surface area contributed by atoms with Gasteiger partial charge in [0, 0.05) is 49.3 Å². The van der Waals surface area contributed by atoms with E-state index in [9.17, 15) is 4.39 Å². The lowest BCUT2D eigenvalue weighted by molar-refractivity contribution is 0.373. The first-order valence-electron chi connectivity index (χ1n) is 13.3. The van der Waals surface area contributed by atoms with E-state index in [1.165, 1.54) is 11.6 Å². The van der Waals surface area contributed by atoms with Gasteiger partial charge in [0.2, 0.25) is 0 Å². The average molecular weight is 541 g/mol. The van der Waals surface area contributed by atoms with Gasteiger partial charge in [0.1, 0.15) is 11.6 Å². The Morgan fingerprint density at radius 2 is 1.77 bits per heavy atom. The van der Waals surface area contributed by atoms with Crippen molar-refractivity contribution >= 4 is 28.5 Å². The lowest BCUT2D eigenvalue weighted by Crippen LogP contribution is -2.41. The van der Waals surface area contributed by atoms with Crippen LogP contribution in [0.5, 0.6) is 0 Å². The highest BCUT2D eigenvalue weighted by atomic mass is 35.5. The molecule has 3 heterocycles. The van der Waals surface area contributed by atoms with Crippen molar-refractivity contribution in [1.29, 1.82) is 0 Å². The molecule has 0 aliphatic heterocycles. The van der Waals surface area contributed by atoms with Gasteiger partial charge in [0.05, 0.1) is 22.4 Å². The van der Waals surface area contributed by atoms with E-state index in [1.54, 1.807) is 24.7 Å². The van der Waals surface area contributed by atoms with Gasteiger partial charge in [-0.15, -0.1) is 0 Å². The molecule has 39 heavy (non-hydrogen) atoms. The molecule has 0 atom stereocenters. The van der Waals surface area contributed by atoms with Crippen LogP contribution in [-0.4, -0.2) is 31.6 Å². The molecular weight excluding hydrogens is 511 g/mol. The van der Waals surface area contributed by atoms with Crippen molar-refractivity contribution in [2.45, 2.75) is 50.9 Å². The number of nitrogens with zero attached hydrogens (tertiary/aromatic N) is 5. The van der Waals surface area contributed by atoms with Crippen LogP contribution in [0.1, 0.15) is 36.8 Å². The molecule has 6 nitrogen and oxygen atoms in total. The quantitative estimate of drug-likeness (QED) is 0.251. The Balaban J connectivity index is 1.36. The summed E-state index contributed by atoms with van der Waals surface area (Å²) in [5.74, 6) is 0.644. The molecule has 1 aliphatic rings. The van der Waals surface area contributed by atoms with Crippen molar-refractivity contribution in [3.05, 3.63) is 108 Å². The molecule has 5 aromatic rings. The summed E-state index contributed by atoms with van der Waals surface area (Å²) < 4.78 is 15.8. The van der Waals surface area contributed by atoms with Crippen LogP contribution >= 0.6 is 11.6 Å². The van der Waals surface area contributed by atoms with Crippen molar-refractivity contribution in [2.75, 3.05) is 4.90 Å². The first-order valence-corrected chi connectivity index (χ1v) is 13.7. The number of rotatable bonds is 7. The zero-order chi connectivity index (χ0) is 26.8. The zero-order valence-electron chi connectivity index (χ0n) is 21.5. The van der Waals surface area contributed by atoms with Gasteiger partial charge in [-0.25, -0.2) is 14.4 Å². The van der Waals surface area contributed by atoms with E-state index in [4.69, 9.17) is 22.3 Å². The Kier molecular flexibility index (Phi) is 7.26. The van der Waals surface area contributed by atoms with E-state index in [0.717, 1.165) is 65.8 Å². The fourth-order valence-electron chi connectivity index (χ4n) is 5.48. The maximum atomic E-state index is 13.8. The molecule has 0 bridgehead atoms. The normalized spacial score (nSPS) is 17.4. The Labute approximate surface area is 232 Å². The third-order valence-electron chi connectivity index (χ3n) is 7.59. The molecule has 3 aromatic heterocycles. The van der Waals surface area contributed by atoms with E-state index < -0.39 is 0 Å². The smallest absolute Gasteiger partial charge is 0.129 e. The number of fused-ring (bicyclic) bond motifs is 1. The Bertz CT molecular complexity index is 1580. The number of pyridine rings is 2. The Hall–Kier alpha value is -3.81. The SMILES string of the molecule is NC1CCC(N(Cc2ccncc2)c2cc(-c3ccc4ncn(Cc5cccc(F)c5)c4c3)c(Cl)cn2)CC1. The summed E-state index contributed by atoms with van der Waals surface area (Å²) in [6.07, 6.45) is 11.3. The van der Waals surface area contributed by atoms with Crippen LogP contribution in [0.4, 0.5) is 10.2 Å². The fraction of sp³-hybridized carbons (Fsp3) is 0.258. The summed E-state index contributed by atoms with van der Waals surface area (Å²) in [6.45, 7) is 1.26. The second-order valence-electron chi connectivity index (χ2n) is 10.3. The highest BCUT2D eigenvalue weighted by Gasteiger charge is 2.26. The minimum absolute atomic E-state index is 0.245. The molecular formula is C31H30ClFN6. The number of aromatic nitrogens is 4. The molecule has 0 unspecified atom stereocenters. The Morgan fingerprint density at radius 1 is 0.949 bits per heavy atom. The molecule has 8 heteroatoms. The summed E-state index contributed by atoms with van der Waals surface area (Å²) in [5, 5.41) is 0.587. The van der Waals surface area contributed by atoms with Crippen LogP contribution in [0, 0.1) is 5.82 Å². The van der Waals surface area contributed by atoms with Gasteiger partial charge in [-0.05, 0) is 84.8 Å². The van der Waals surface area contributed by atoms with Gasteiger partial charge in [0.15, 0.2) is 0 Å². The summed E-state index contributed by atoms with van der Waals surface area (Å²) in [6, 6.07) is 19.6. The molecule has 6 rings (SSSR count). The van der Waals surface area contributed by atoms with E-state index >= 15 is 0 Å². The summed E-state index contributed by atoms with van der Waals surface area (Å²) in [7, 11) is 0. The van der Waals surface area contributed by atoms with Crippen molar-refractivity contribution in [2.24, 2.45) is 5.73 Å². The Morgan fingerprint density at radius 3 is 2.56 bits per heavy atom. The average Bonchev–Trinajstić information content (AvgIpc) is 3.35. The standard InChI is InChI=1S/C31H30ClFN6/c32-28-17-36-31(39(19-21-10-12-35-13-11-21)26-7-5-25(34)6-8-26)16-27(28)23-4-9-29-30(15-23)38(20-37-29)18-22-2-1-3-24(33)14-22/h1-4,9-17,20,25-26H,5-8,18-19,34H2. The van der Waals surface area contributed by atoms with Gasteiger partial charge in [-0.3, -0.25) is 4.98 Å². The second-order valence-corrected chi connectivity index (χ2v) is 10.7. The summed E-state index contributed by atoms with van der Waals surface area (Å²) in [4.78, 5) is 15.9. The van der Waals surface area contributed by atoms with Crippen LogP contribution in [0.2, 0.25) is 5.02 Å². The first-order chi connectivity index (χ1) is 19.0. The molecule has 2 aromatic carbocycles. The third-order valence-corrected chi connectivity index (χ3v) is 7.89.